The number of rotatable bonds is 6. The molecule has 0 aromatic heterocycles. The Morgan fingerprint density at radius 2 is 1.68 bits per heavy atom. The van der Waals surface area contributed by atoms with Crippen molar-refractivity contribution in [2.45, 2.75) is 12.2 Å². The Morgan fingerprint density at radius 3 is 2.05 bits per heavy atom. The molecule has 0 fully saturated rings. The van der Waals surface area contributed by atoms with Crippen LogP contribution in [0.4, 0.5) is 0 Å². The molecule has 7 nitrogen and oxygen atoms in total. The number of aliphatic hydroxyl groups is 3. The van der Waals surface area contributed by atoms with Gasteiger partial charge in [-0.3, -0.25) is 4.79 Å². The Hall–Kier alpha value is -1.83. The van der Waals surface area contributed by atoms with Gasteiger partial charge < -0.3 is 29.9 Å². The van der Waals surface area contributed by atoms with Gasteiger partial charge >= 0.3 is 0 Å². The molecule has 1 aromatic rings. The maximum absolute atomic E-state index is 11.9. The highest BCUT2D eigenvalue weighted by atomic mass is 16.5. The highest BCUT2D eigenvalue weighted by Gasteiger charge is 2.26. The van der Waals surface area contributed by atoms with E-state index in [-0.39, 0.29) is 22.8 Å². The van der Waals surface area contributed by atoms with Gasteiger partial charge in [-0.1, -0.05) is 0 Å². The van der Waals surface area contributed by atoms with Crippen LogP contribution in [0.2, 0.25) is 0 Å². The number of carbonyl (C=O) groups excluding carboxylic acids is 1. The van der Waals surface area contributed by atoms with Crippen molar-refractivity contribution in [3.05, 3.63) is 17.7 Å². The monoisotopic (exact) mass is 272 g/mol. The maximum Gasteiger partial charge on any atom is 0.200 e. The number of ether oxygens (including phenoxy) is 2. The summed E-state index contributed by atoms with van der Waals surface area (Å²) in [4.78, 5) is 11.9. The Kier molecular flexibility index (Phi) is 5.11. The molecular formula is C12H16O7. The predicted molar refractivity (Wildman–Crippen MR) is 64.6 cm³/mol. The van der Waals surface area contributed by atoms with Crippen molar-refractivity contribution in [3.8, 4) is 17.2 Å². The minimum absolute atomic E-state index is 0.00612. The second-order valence-electron chi connectivity index (χ2n) is 3.79. The van der Waals surface area contributed by atoms with Gasteiger partial charge in [-0.15, -0.1) is 0 Å². The van der Waals surface area contributed by atoms with Crippen LogP contribution in [0, 0.1) is 0 Å². The topological polar surface area (TPSA) is 116 Å². The highest BCUT2D eigenvalue weighted by molar-refractivity contribution is 6.00. The molecule has 0 aliphatic carbocycles. The zero-order chi connectivity index (χ0) is 14.6. The number of phenols is 1. The molecule has 1 aromatic carbocycles. The smallest absolute Gasteiger partial charge is 0.200 e. The Labute approximate surface area is 109 Å². The van der Waals surface area contributed by atoms with E-state index in [4.69, 9.17) is 14.6 Å². The lowest BCUT2D eigenvalue weighted by molar-refractivity contribution is -0.00493. The van der Waals surface area contributed by atoms with Crippen molar-refractivity contribution >= 4 is 5.78 Å². The summed E-state index contributed by atoms with van der Waals surface area (Å²) in [6, 6.07) is 2.40. The Morgan fingerprint density at radius 1 is 1.21 bits per heavy atom. The molecule has 0 aliphatic rings. The number of hydrogen-bond acceptors (Lipinski definition) is 7. The van der Waals surface area contributed by atoms with Crippen LogP contribution < -0.4 is 9.47 Å². The molecule has 106 valence electrons. The van der Waals surface area contributed by atoms with E-state index in [0.717, 1.165) is 0 Å². The van der Waals surface area contributed by atoms with E-state index in [9.17, 15) is 20.1 Å². The fourth-order valence-electron chi connectivity index (χ4n) is 1.48. The highest BCUT2D eigenvalue weighted by Crippen LogP contribution is 2.37. The molecule has 0 aliphatic heterocycles. The van der Waals surface area contributed by atoms with Crippen LogP contribution in [0.25, 0.3) is 0 Å². The lowest BCUT2D eigenvalue weighted by Gasteiger charge is -2.16. The van der Waals surface area contributed by atoms with Gasteiger partial charge in [0.25, 0.3) is 0 Å². The van der Waals surface area contributed by atoms with Gasteiger partial charge in [0.15, 0.2) is 17.3 Å². The zero-order valence-electron chi connectivity index (χ0n) is 10.5. The summed E-state index contributed by atoms with van der Waals surface area (Å²) in [5, 5.41) is 37.1. The SMILES string of the molecule is COc1cc(C(=O)[C@@H](O)[C@@H](O)CO)cc(OC)c1O. The molecular weight excluding hydrogens is 256 g/mol. The van der Waals surface area contributed by atoms with E-state index in [0.29, 0.717) is 0 Å². The molecule has 0 heterocycles. The quantitative estimate of drug-likeness (QED) is 0.506. The number of carbonyl (C=O) groups is 1. The second-order valence-corrected chi connectivity index (χ2v) is 3.79. The summed E-state index contributed by atoms with van der Waals surface area (Å²) >= 11 is 0. The number of phenolic OH excluding ortho intramolecular Hbond substituents is 1. The van der Waals surface area contributed by atoms with Gasteiger partial charge in [0.05, 0.1) is 20.8 Å². The maximum atomic E-state index is 11.9. The number of methoxy groups -OCH3 is 2. The van der Waals surface area contributed by atoms with Gasteiger partial charge in [-0.25, -0.2) is 0 Å². The van der Waals surface area contributed by atoms with E-state index in [1.165, 1.54) is 26.4 Å². The molecule has 4 N–H and O–H groups in total. The van der Waals surface area contributed by atoms with E-state index >= 15 is 0 Å². The van der Waals surface area contributed by atoms with Crippen molar-refractivity contribution in [1.82, 2.24) is 0 Å². The van der Waals surface area contributed by atoms with Crippen molar-refractivity contribution in [2.24, 2.45) is 0 Å². The van der Waals surface area contributed by atoms with Crippen LogP contribution in [0.1, 0.15) is 10.4 Å². The fraction of sp³-hybridized carbons (Fsp3) is 0.417. The first-order valence-corrected chi connectivity index (χ1v) is 5.42. The first-order chi connectivity index (χ1) is 8.96. The predicted octanol–water partition coefficient (Wildman–Crippen LogP) is -0.694. The summed E-state index contributed by atoms with van der Waals surface area (Å²) < 4.78 is 9.74. The molecule has 0 radical (unpaired) electrons. The summed E-state index contributed by atoms with van der Waals surface area (Å²) in [5.41, 5.74) is -0.0218. The fourth-order valence-corrected chi connectivity index (χ4v) is 1.48. The standard InChI is InChI=1S/C12H16O7/c1-18-8-3-6(4-9(19-2)12(8)17)10(15)11(16)7(14)5-13/h3-4,7,11,13-14,16-17H,5H2,1-2H3/t7-,11-/m0/s1. The molecule has 19 heavy (non-hydrogen) atoms. The van der Waals surface area contributed by atoms with Crippen LogP contribution in [0.15, 0.2) is 12.1 Å². The number of aromatic hydroxyl groups is 1. The summed E-state index contributed by atoms with van der Waals surface area (Å²) in [7, 11) is 2.59. The third kappa shape index (κ3) is 3.14. The van der Waals surface area contributed by atoms with Gasteiger partial charge in [0.1, 0.15) is 12.2 Å². The molecule has 0 unspecified atom stereocenters. The largest absolute Gasteiger partial charge is 0.502 e. The third-order valence-electron chi connectivity index (χ3n) is 2.58. The molecule has 0 amide bonds. The summed E-state index contributed by atoms with van der Waals surface area (Å²) in [6.45, 7) is -0.751. The van der Waals surface area contributed by atoms with Crippen LogP contribution in [0.5, 0.6) is 17.2 Å². The van der Waals surface area contributed by atoms with Crippen molar-refractivity contribution in [3.63, 3.8) is 0 Å². The number of benzene rings is 1. The number of aliphatic hydroxyl groups excluding tert-OH is 3. The van der Waals surface area contributed by atoms with Crippen molar-refractivity contribution < 1.29 is 34.7 Å². The molecule has 2 atom stereocenters. The van der Waals surface area contributed by atoms with Crippen LogP contribution >= 0.6 is 0 Å². The molecule has 0 saturated heterocycles. The van der Waals surface area contributed by atoms with Gasteiger partial charge in [0, 0.05) is 5.56 Å². The molecule has 0 bridgehead atoms. The van der Waals surface area contributed by atoms with Crippen molar-refractivity contribution in [2.75, 3.05) is 20.8 Å². The van der Waals surface area contributed by atoms with Gasteiger partial charge in [-0.05, 0) is 12.1 Å². The van der Waals surface area contributed by atoms with Crippen LogP contribution in [0.3, 0.4) is 0 Å². The summed E-state index contributed by atoms with van der Waals surface area (Å²) in [6.07, 6.45) is -3.36. The average Bonchev–Trinajstić information content (AvgIpc) is 2.44. The zero-order valence-corrected chi connectivity index (χ0v) is 10.5. The molecule has 0 spiro atoms. The lowest BCUT2D eigenvalue weighted by atomic mass is 10.0. The third-order valence-corrected chi connectivity index (χ3v) is 2.58. The van der Waals surface area contributed by atoms with E-state index in [2.05, 4.69) is 0 Å². The first-order valence-electron chi connectivity index (χ1n) is 5.42. The van der Waals surface area contributed by atoms with E-state index in [1.807, 2.05) is 0 Å². The van der Waals surface area contributed by atoms with Gasteiger partial charge in [0.2, 0.25) is 5.75 Å². The van der Waals surface area contributed by atoms with E-state index in [1.54, 1.807) is 0 Å². The number of Topliss-reactive ketones (excluding diaryl/α,β-unsaturated/α-hetero) is 1. The number of ketones is 1. The van der Waals surface area contributed by atoms with E-state index < -0.39 is 24.6 Å². The Balaban J connectivity index is 3.17. The van der Waals surface area contributed by atoms with Gasteiger partial charge in [-0.2, -0.15) is 0 Å². The molecule has 7 heteroatoms. The van der Waals surface area contributed by atoms with Crippen LogP contribution in [-0.2, 0) is 0 Å². The number of hydrogen-bond donors (Lipinski definition) is 4. The summed E-state index contributed by atoms with van der Waals surface area (Å²) in [5.74, 6) is -1.11. The van der Waals surface area contributed by atoms with Crippen LogP contribution in [-0.4, -0.2) is 59.2 Å². The normalized spacial score (nSPS) is 13.7. The average molecular weight is 272 g/mol. The minimum atomic E-state index is -1.77. The second kappa shape index (κ2) is 6.37. The minimum Gasteiger partial charge on any atom is -0.502 e. The Bertz CT molecular complexity index is 432. The first kappa shape index (κ1) is 15.2. The van der Waals surface area contributed by atoms with Crippen molar-refractivity contribution in [1.29, 1.82) is 0 Å². The molecule has 0 saturated carbocycles. The lowest BCUT2D eigenvalue weighted by Crippen LogP contribution is -2.36. The molecule has 1 rings (SSSR count).